The number of rotatable bonds is 10. The van der Waals surface area contributed by atoms with E-state index in [1.165, 1.54) is 6.92 Å². The largest absolute Gasteiger partial charge is 0.494 e. The molecule has 0 saturated heterocycles. The molecule has 29 heavy (non-hydrogen) atoms. The monoisotopic (exact) mass is 512 g/mol. The predicted molar refractivity (Wildman–Crippen MR) is 128 cm³/mol. The summed E-state index contributed by atoms with van der Waals surface area (Å²) >= 11 is 0. The Morgan fingerprint density at radius 1 is 0.931 bits per heavy atom. The van der Waals surface area contributed by atoms with Crippen molar-refractivity contribution in [2.45, 2.75) is 13.3 Å². The van der Waals surface area contributed by atoms with E-state index in [2.05, 4.69) is 20.9 Å². The highest BCUT2D eigenvalue weighted by atomic mass is 127. The molecule has 7 nitrogen and oxygen atoms in total. The minimum absolute atomic E-state index is 0. The molecule has 0 bridgehead atoms. The van der Waals surface area contributed by atoms with Crippen LogP contribution in [0.25, 0.3) is 0 Å². The van der Waals surface area contributed by atoms with Crippen LogP contribution in [0.5, 0.6) is 11.5 Å². The molecule has 0 unspecified atom stereocenters. The van der Waals surface area contributed by atoms with Crippen LogP contribution in [0.15, 0.2) is 59.6 Å². The molecule has 8 heteroatoms. The second-order valence-corrected chi connectivity index (χ2v) is 6.00. The highest BCUT2D eigenvalue weighted by molar-refractivity contribution is 14.0. The lowest BCUT2D eigenvalue weighted by Crippen LogP contribution is -2.40. The molecule has 3 N–H and O–H groups in total. The van der Waals surface area contributed by atoms with Gasteiger partial charge in [0.2, 0.25) is 5.91 Å². The van der Waals surface area contributed by atoms with Crippen molar-refractivity contribution in [3.63, 3.8) is 0 Å². The second kappa shape index (κ2) is 14.5. The van der Waals surface area contributed by atoms with Crippen molar-refractivity contribution < 1.29 is 14.3 Å². The van der Waals surface area contributed by atoms with E-state index >= 15 is 0 Å². The molecule has 1 amide bonds. The van der Waals surface area contributed by atoms with Crippen molar-refractivity contribution in [2.24, 2.45) is 4.99 Å². The van der Waals surface area contributed by atoms with Gasteiger partial charge in [0.15, 0.2) is 5.96 Å². The van der Waals surface area contributed by atoms with Gasteiger partial charge in [0.1, 0.15) is 18.1 Å². The Bertz CT molecular complexity index is 757. The van der Waals surface area contributed by atoms with Crippen LogP contribution in [0, 0.1) is 0 Å². The van der Waals surface area contributed by atoms with Gasteiger partial charge in [-0.15, -0.1) is 24.0 Å². The van der Waals surface area contributed by atoms with Gasteiger partial charge in [-0.1, -0.05) is 24.3 Å². The minimum atomic E-state index is -0.108. The molecule has 0 aromatic heterocycles. The van der Waals surface area contributed by atoms with Crippen LogP contribution in [-0.4, -0.2) is 45.2 Å². The first-order valence-corrected chi connectivity index (χ1v) is 9.30. The van der Waals surface area contributed by atoms with E-state index in [-0.39, 0.29) is 29.9 Å². The van der Waals surface area contributed by atoms with Gasteiger partial charge in [0, 0.05) is 32.3 Å². The summed E-state index contributed by atoms with van der Waals surface area (Å²) in [5, 5.41) is 9.17. The van der Waals surface area contributed by atoms with Crippen molar-refractivity contribution >= 4 is 41.5 Å². The van der Waals surface area contributed by atoms with E-state index in [0.29, 0.717) is 31.2 Å². The third kappa shape index (κ3) is 10.6. The van der Waals surface area contributed by atoms with E-state index < -0.39 is 0 Å². The van der Waals surface area contributed by atoms with Crippen LogP contribution in [0.3, 0.4) is 0 Å². The fourth-order valence-electron chi connectivity index (χ4n) is 2.41. The average Bonchev–Trinajstić information content (AvgIpc) is 2.70. The summed E-state index contributed by atoms with van der Waals surface area (Å²) in [5.74, 6) is 2.19. The topological polar surface area (TPSA) is 84.0 Å². The van der Waals surface area contributed by atoms with Crippen molar-refractivity contribution in [1.82, 2.24) is 10.6 Å². The summed E-state index contributed by atoms with van der Waals surface area (Å²) in [7, 11) is 1.73. The summed E-state index contributed by atoms with van der Waals surface area (Å²) in [6.07, 6.45) is 0.863. The molecule has 2 aromatic carbocycles. The first kappa shape index (κ1) is 24.5. The van der Waals surface area contributed by atoms with Gasteiger partial charge >= 0.3 is 0 Å². The van der Waals surface area contributed by atoms with Gasteiger partial charge in [-0.3, -0.25) is 9.79 Å². The zero-order valence-corrected chi connectivity index (χ0v) is 19.1. The third-order valence-electron chi connectivity index (χ3n) is 3.67. The molecule has 0 heterocycles. The Kier molecular flexibility index (Phi) is 12.3. The van der Waals surface area contributed by atoms with Gasteiger partial charge < -0.3 is 25.4 Å². The van der Waals surface area contributed by atoms with Crippen LogP contribution in [-0.2, 0) is 4.79 Å². The first-order valence-electron chi connectivity index (χ1n) is 9.30. The molecule has 0 aliphatic rings. The van der Waals surface area contributed by atoms with E-state index in [4.69, 9.17) is 9.47 Å². The fourth-order valence-corrected chi connectivity index (χ4v) is 2.41. The number of nitrogens with zero attached hydrogens (tertiary/aromatic N) is 1. The number of aliphatic imine (C=N–C) groups is 1. The normalized spacial score (nSPS) is 10.5. The number of carbonyl (C=O) groups is 1. The Morgan fingerprint density at radius 2 is 1.62 bits per heavy atom. The lowest BCUT2D eigenvalue weighted by molar-refractivity contribution is -0.114. The second-order valence-electron chi connectivity index (χ2n) is 6.00. The van der Waals surface area contributed by atoms with E-state index in [1.54, 1.807) is 13.1 Å². The molecule has 2 aromatic rings. The first-order chi connectivity index (χ1) is 13.7. The zero-order valence-electron chi connectivity index (χ0n) is 16.8. The molecule has 0 radical (unpaired) electrons. The number of carbonyl (C=O) groups excluding carboxylic acids is 1. The number of guanidine groups is 1. The van der Waals surface area contributed by atoms with Gasteiger partial charge in [-0.25, -0.2) is 0 Å². The summed E-state index contributed by atoms with van der Waals surface area (Å²) < 4.78 is 11.4. The number of halogens is 1. The highest BCUT2D eigenvalue weighted by Gasteiger charge is 2.00. The smallest absolute Gasteiger partial charge is 0.221 e. The van der Waals surface area contributed by atoms with Crippen LogP contribution >= 0.6 is 24.0 Å². The molecule has 0 atom stereocenters. The molecule has 0 fully saturated rings. The number of anilines is 1. The van der Waals surface area contributed by atoms with Crippen molar-refractivity contribution in [3.05, 3.63) is 54.6 Å². The summed E-state index contributed by atoms with van der Waals surface area (Å²) in [5.41, 5.74) is 0.716. The molecular formula is C21H29IN4O3. The molecular weight excluding hydrogens is 483 g/mol. The number of ether oxygens (including phenoxy) is 2. The molecule has 2 rings (SSSR count). The summed E-state index contributed by atoms with van der Waals surface area (Å²) in [4.78, 5) is 15.3. The van der Waals surface area contributed by atoms with Gasteiger partial charge in [0.05, 0.1) is 13.2 Å². The maximum absolute atomic E-state index is 11.1. The standard InChI is InChI=1S/C21H28N4O3.HI/c1-17(26)25-18-8-6-11-20(16-18)28-15-13-24-21(22-2)23-12-7-14-27-19-9-4-3-5-10-19;/h3-6,8-11,16H,7,12-15H2,1-2H3,(H,25,26)(H2,22,23,24);1H. The lowest BCUT2D eigenvalue weighted by atomic mass is 10.3. The predicted octanol–water partition coefficient (Wildman–Crippen LogP) is 3.28. The van der Waals surface area contributed by atoms with Crippen LogP contribution < -0.4 is 25.4 Å². The quantitative estimate of drug-likeness (QED) is 0.197. The van der Waals surface area contributed by atoms with E-state index in [1.807, 2.05) is 48.5 Å². The summed E-state index contributed by atoms with van der Waals surface area (Å²) in [6.45, 7) is 3.95. The van der Waals surface area contributed by atoms with Crippen LogP contribution in [0.1, 0.15) is 13.3 Å². The Balaban J connectivity index is 0.00000420. The zero-order chi connectivity index (χ0) is 20.0. The van der Waals surface area contributed by atoms with Crippen molar-refractivity contribution in [2.75, 3.05) is 38.7 Å². The number of hydrogen-bond acceptors (Lipinski definition) is 4. The van der Waals surface area contributed by atoms with Crippen LogP contribution in [0.2, 0.25) is 0 Å². The Hall–Kier alpha value is -2.49. The van der Waals surface area contributed by atoms with E-state index in [9.17, 15) is 4.79 Å². The molecule has 0 saturated carbocycles. The SMILES string of the molecule is CN=C(NCCCOc1ccccc1)NCCOc1cccc(NC(C)=O)c1.I. The fraction of sp³-hybridized carbons (Fsp3) is 0.333. The molecule has 0 aliphatic heterocycles. The minimum Gasteiger partial charge on any atom is -0.494 e. The third-order valence-corrected chi connectivity index (χ3v) is 3.67. The van der Waals surface area contributed by atoms with Gasteiger partial charge in [-0.2, -0.15) is 0 Å². The Morgan fingerprint density at radius 3 is 2.34 bits per heavy atom. The number of amides is 1. The average molecular weight is 512 g/mol. The van der Waals surface area contributed by atoms with Crippen molar-refractivity contribution in [3.8, 4) is 11.5 Å². The maximum Gasteiger partial charge on any atom is 0.221 e. The Labute approximate surface area is 189 Å². The lowest BCUT2D eigenvalue weighted by Gasteiger charge is -2.13. The van der Waals surface area contributed by atoms with Gasteiger partial charge in [-0.05, 0) is 30.7 Å². The number of nitrogens with one attached hydrogen (secondary N) is 3. The highest BCUT2D eigenvalue weighted by Crippen LogP contribution is 2.17. The molecule has 0 aliphatic carbocycles. The van der Waals surface area contributed by atoms with Crippen molar-refractivity contribution in [1.29, 1.82) is 0 Å². The van der Waals surface area contributed by atoms with E-state index in [0.717, 1.165) is 24.7 Å². The van der Waals surface area contributed by atoms with Gasteiger partial charge in [0.25, 0.3) is 0 Å². The number of para-hydroxylation sites is 1. The summed E-state index contributed by atoms with van der Waals surface area (Å²) in [6, 6.07) is 17.1. The number of benzene rings is 2. The molecule has 158 valence electrons. The number of hydrogen-bond donors (Lipinski definition) is 3. The molecule has 0 spiro atoms. The maximum atomic E-state index is 11.1. The van der Waals surface area contributed by atoms with Crippen LogP contribution in [0.4, 0.5) is 5.69 Å².